The summed E-state index contributed by atoms with van der Waals surface area (Å²) in [6, 6.07) is 1.61. The molecule has 112 valence electrons. The highest BCUT2D eigenvalue weighted by molar-refractivity contribution is 7.89. The van der Waals surface area contributed by atoms with E-state index >= 15 is 0 Å². The molecule has 0 fully saturated rings. The molecule has 0 saturated carbocycles. The van der Waals surface area contributed by atoms with Gasteiger partial charge in [-0.15, -0.1) is 0 Å². The van der Waals surface area contributed by atoms with Gasteiger partial charge in [-0.05, 0) is 30.9 Å². The quantitative estimate of drug-likeness (QED) is 0.645. The molecule has 0 aliphatic carbocycles. The van der Waals surface area contributed by atoms with E-state index < -0.39 is 26.5 Å². The van der Waals surface area contributed by atoms with Crippen LogP contribution in [0.3, 0.4) is 0 Å². The van der Waals surface area contributed by atoms with Crippen molar-refractivity contribution in [3.8, 4) is 0 Å². The van der Waals surface area contributed by atoms with Crippen molar-refractivity contribution in [2.75, 3.05) is 6.54 Å². The molecule has 1 aromatic rings. The molecule has 0 radical (unpaired) electrons. The number of benzene rings is 1. The summed E-state index contributed by atoms with van der Waals surface area (Å²) in [7, 11) is -3.88. The molecule has 0 aliphatic rings. The van der Waals surface area contributed by atoms with Crippen molar-refractivity contribution in [3.05, 3.63) is 33.6 Å². The predicted octanol–water partition coefficient (Wildman–Crippen LogP) is 2.37. The molecule has 0 aromatic heterocycles. The third-order valence-corrected chi connectivity index (χ3v) is 4.35. The van der Waals surface area contributed by atoms with Gasteiger partial charge in [-0.25, -0.2) is 13.1 Å². The molecular weight excluding hydrogens is 287 g/mol. The average Bonchev–Trinajstić information content (AvgIpc) is 2.26. The van der Waals surface area contributed by atoms with E-state index in [-0.39, 0.29) is 17.0 Å². The lowest BCUT2D eigenvalue weighted by Gasteiger charge is -2.10. The Bertz CT molecular complexity index is 614. The van der Waals surface area contributed by atoms with Gasteiger partial charge in [0.1, 0.15) is 0 Å². The van der Waals surface area contributed by atoms with Gasteiger partial charge in [0.25, 0.3) is 0 Å². The molecular formula is C12H17FN2O4S. The average molecular weight is 304 g/mol. The van der Waals surface area contributed by atoms with Crippen LogP contribution in [0.25, 0.3) is 0 Å². The summed E-state index contributed by atoms with van der Waals surface area (Å²) < 4.78 is 39.9. The van der Waals surface area contributed by atoms with E-state index in [2.05, 4.69) is 4.72 Å². The van der Waals surface area contributed by atoms with Crippen molar-refractivity contribution in [1.82, 2.24) is 4.72 Å². The lowest BCUT2D eigenvalue weighted by molar-refractivity contribution is -0.387. The number of nitro benzene ring substituents is 1. The fraction of sp³-hybridized carbons (Fsp3) is 0.500. The maximum Gasteiger partial charge on any atom is 0.306 e. The lowest BCUT2D eigenvalue weighted by Crippen LogP contribution is -2.26. The summed E-state index contributed by atoms with van der Waals surface area (Å²) in [5.41, 5.74) is -0.718. The zero-order valence-electron chi connectivity index (χ0n) is 11.5. The molecule has 0 atom stereocenters. The molecule has 0 heterocycles. The van der Waals surface area contributed by atoms with E-state index in [0.29, 0.717) is 12.3 Å². The SMILES string of the molecule is Cc1cc(F)c([N+](=O)[O-])cc1S(=O)(=O)NCCC(C)C. The number of aryl methyl sites for hydroxylation is 1. The number of nitrogens with zero attached hydrogens (tertiary/aromatic N) is 1. The summed E-state index contributed by atoms with van der Waals surface area (Å²) in [5, 5.41) is 10.7. The van der Waals surface area contributed by atoms with Crippen LogP contribution in [0.1, 0.15) is 25.8 Å². The number of nitro groups is 1. The van der Waals surface area contributed by atoms with Crippen molar-refractivity contribution < 1.29 is 17.7 Å². The minimum Gasteiger partial charge on any atom is -0.258 e. The Hall–Kier alpha value is -1.54. The Morgan fingerprint density at radius 2 is 2.00 bits per heavy atom. The third-order valence-electron chi connectivity index (χ3n) is 2.74. The van der Waals surface area contributed by atoms with Crippen LogP contribution in [0.4, 0.5) is 10.1 Å². The fourth-order valence-corrected chi connectivity index (χ4v) is 2.92. The minimum atomic E-state index is -3.88. The number of hydrogen-bond donors (Lipinski definition) is 1. The molecule has 0 aliphatic heterocycles. The molecule has 8 heteroatoms. The van der Waals surface area contributed by atoms with E-state index in [4.69, 9.17) is 0 Å². The van der Waals surface area contributed by atoms with Crippen LogP contribution in [0, 0.1) is 28.8 Å². The highest BCUT2D eigenvalue weighted by Gasteiger charge is 2.24. The molecule has 1 N–H and O–H groups in total. The number of rotatable bonds is 6. The van der Waals surface area contributed by atoms with E-state index in [1.807, 2.05) is 13.8 Å². The maximum absolute atomic E-state index is 13.4. The minimum absolute atomic E-state index is 0.130. The topological polar surface area (TPSA) is 89.3 Å². The van der Waals surface area contributed by atoms with Crippen molar-refractivity contribution in [3.63, 3.8) is 0 Å². The number of halogens is 1. The molecule has 6 nitrogen and oxygen atoms in total. The zero-order chi connectivity index (χ0) is 15.5. The standard InChI is InChI=1S/C12H17FN2O4S/c1-8(2)4-5-14-20(18,19)12-7-11(15(16)17)10(13)6-9(12)3/h6-8,14H,4-5H2,1-3H3. The summed E-state index contributed by atoms with van der Waals surface area (Å²) in [6.45, 7) is 5.51. The van der Waals surface area contributed by atoms with Crippen molar-refractivity contribution in [1.29, 1.82) is 0 Å². The second-order valence-corrected chi connectivity index (χ2v) is 6.64. The van der Waals surface area contributed by atoms with E-state index in [9.17, 15) is 22.9 Å². The largest absolute Gasteiger partial charge is 0.306 e. The van der Waals surface area contributed by atoms with Crippen LogP contribution in [0.2, 0.25) is 0 Å². The van der Waals surface area contributed by atoms with Gasteiger partial charge in [0, 0.05) is 12.6 Å². The van der Waals surface area contributed by atoms with Crippen LogP contribution in [0.15, 0.2) is 17.0 Å². The first kappa shape index (κ1) is 16.5. The first-order chi connectivity index (χ1) is 9.15. The van der Waals surface area contributed by atoms with Crippen LogP contribution < -0.4 is 4.72 Å². The van der Waals surface area contributed by atoms with Gasteiger partial charge in [0.15, 0.2) is 0 Å². The summed E-state index contributed by atoms with van der Waals surface area (Å²) >= 11 is 0. The van der Waals surface area contributed by atoms with Crippen molar-refractivity contribution in [2.45, 2.75) is 32.1 Å². The zero-order valence-corrected chi connectivity index (χ0v) is 12.3. The van der Waals surface area contributed by atoms with Gasteiger partial charge in [-0.2, -0.15) is 4.39 Å². The molecule has 1 aromatic carbocycles. The predicted molar refractivity (Wildman–Crippen MR) is 72.4 cm³/mol. The normalized spacial score (nSPS) is 11.8. The summed E-state index contributed by atoms with van der Waals surface area (Å²) in [6.07, 6.45) is 0.640. The Labute approximate surface area is 117 Å². The van der Waals surface area contributed by atoms with Gasteiger partial charge in [-0.1, -0.05) is 13.8 Å². The molecule has 0 saturated heterocycles. The van der Waals surface area contributed by atoms with E-state index in [0.717, 1.165) is 12.1 Å². The molecule has 0 amide bonds. The summed E-state index contributed by atoms with van der Waals surface area (Å²) in [4.78, 5) is 9.45. The first-order valence-corrected chi connectivity index (χ1v) is 7.57. The highest BCUT2D eigenvalue weighted by atomic mass is 32.2. The number of nitrogens with one attached hydrogen (secondary N) is 1. The molecule has 1 rings (SSSR count). The lowest BCUT2D eigenvalue weighted by atomic mass is 10.1. The Balaban J connectivity index is 3.11. The number of hydrogen-bond acceptors (Lipinski definition) is 4. The van der Waals surface area contributed by atoms with E-state index in [1.54, 1.807) is 0 Å². The van der Waals surface area contributed by atoms with Gasteiger partial charge in [-0.3, -0.25) is 10.1 Å². The van der Waals surface area contributed by atoms with Gasteiger partial charge < -0.3 is 0 Å². The van der Waals surface area contributed by atoms with Crippen LogP contribution in [-0.2, 0) is 10.0 Å². The van der Waals surface area contributed by atoms with Gasteiger partial charge >= 0.3 is 5.69 Å². The van der Waals surface area contributed by atoms with Gasteiger partial charge in [0.05, 0.1) is 9.82 Å². The van der Waals surface area contributed by atoms with Crippen LogP contribution in [0.5, 0.6) is 0 Å². The molecule has 20 heavy (non-hydrogen) atoms. The van der Waals surface area contributed by atoms with E-state index in [1.165, 1.54) is 6.92 Å². The molecule has 0 spiro atoms. The Kier molecular flexibility index (Phi) is 5.18. The van der Waals surface area contributed by atoms with Gasteiger partial charge in [0.2, 0.25) is 15.8 Å². The highest BCUT2D eigenvalue weighted by Crippen LogP contribution is 2.25. The first-order valence-electron chi connectivity index (χ1n) is 6.09. The van der Waals surface area contributed by atoms with Crippen molar-refractivity contribution >= 4 is 15.7 Å². The molecule has 0 unspecified atom stereocenters. The van der Waals surface area contributed by atoms with Crippen LogP contribution >= 0.6 is 0 Å². The summed E-state index contributed by atoms with van der Waals surface area (Å²) in [5.74, 6) is -0.727. The second kappa shape index (κ2) is 6.27. The fourth-order valence-electron chi connectivity index (χ4n) is 1.63. The Morgan fingerprint density at radius 1 is 1.40 bits per heavy atom. The molecule has 0 bridgehead atoms. The van der Waals surface area contributed by atoms with Crippen molar-refractivity contribution in [2.24, 2.45) is 5.92 Å². The Morgan fingerprint density at radius 3 is 2.50 bits per heavy atom. The van der Waals surface area contributed by atoms with Crippen LogP contribution in [-0.4, -0.2) is 19.9 Å². The second-order valence-electron chi connectivity index (χ2n) is 4.91. The number of sulfonamides is 1. The monoisotopic (exact) mass is 304 g/mol. The third kappa shape index (κ3) is 3.97. The maximum atomic E-state index is 13.4. The smallest absolute Gasteiger partial charge is 0.258 e.